The summed E-state index contributed by atoms with van der Waals surface area (Å²) in [4.78, 5) is 13.5. The number of amides is 1. The highest BCUT2D eigenvalue weighted by molar-refractivity contribution is 14.1. The Kier molecular flexibility index (Phi) is 7.44. The maximum Gasteiger partial charge on any atom is 0.260 e. The van der Waals surface area contributed by atoms with E-state index >= 15 is 0 Å². The van der Waals surface area contributed by atoms with Crippen molar-refractivity contribution < 1.29 is 9.53 Å². The van der Waals surface area contributed by atoms with Gasteiger partial charge in [-0.3, -0.25) is 4.79 Å². The van der Waals surface area contributed by atoms with Gasteiger partial charge < -0.3 is 9.64 Å². The first-order valence-electron chi connectivity index (χ1n) is 6.07. The molecule has 20 heavy (non-hydrogen) atoms. The van der Waals surface area contributed by atoms with Crippen molar-refractivity contribution in [3.8, 4) is 17.9 Å². The van der Waals surface area contributed by atoms with E-state index in [9.17, 15) is 4.79 Å². The standard InChI is InChI=1S/C14H14IN3O2/c15-12-4-1-5-13(10-12)20-11-14(19)18(8-2-6-16)9-3-7-17/h1,4-5,10H,2-3,8-9,11H2. The Morgan fingerprint density at radius 2 is 1.90 bits per heavy atom. The summed E-state index contributed by atoms with van der Waals surface area (Å²) in [6.07, 6.45) is 0.501. The zero-order valence-electron chi connectivity index (χ0n) is 10.9. The molecule has 0 radical (unpaired) electrons. The number of nitrogens with zero attached hydrogens (tertiary/aromatic N) is 3. The Balaban J connectivity index is 2.53. The minimum absolute atomic E-state index is 0.0864. The second-order valence-corrected chi connectivity index (χ2v) is 5.19. The molecule has 0 unspecified atom stereocenters. The van der Waals surface area contributed by atoms with Gasteiger partial charge in [-0.05, 0) is 40.8 Å². The van der Waals surface area contributed by atoms with Crippen molar-refractivity contribution in [3.63, 3.8) is 0 Å². The number of nitriles is 2. The van der Waals surface area contributed by atoms with Crippen LogP contribution in [0, 0.1) is 26.2 Å². The molecule has 0 saturated heterocycles. The maximum absolute atomic E-state index is 12.0. The number of ether oxygens (including phenoxy) is 1. The van der Waals surface area contributed by atoms with E-state index in [0.717, 1.165) is 3.57 Å². The maximum atomic E-state index is 12.0. The first-order valence-corrected chi connectivity index (χ1v) is 7.15. The number of rotatable bonds is 7. The monoisotopic (exact) mass is 383 g/mol. The largest absolute Gasteiger partial charge is 0.484 e. The quantitative estimate of drug-likeness (QED) is 0.678. The van der Waals surface area contributed by atoms with Gasteiger partial charge in [-0.1, -0.05) is 6.07 Å². The molecule has 0 bridgehead atoms. The van der Waals surface area contributed by atoms with Crippen molar-refractivity contribution >= 4 is 28.5 Å². The Morgan fingerprint density at radius 1 is 1.25 bits per heavy atom. The molecule has 0 heterocycles. The van der Waals surface area contributed by atoms with Crippen LogP contribution < -0.4 is 4.74 Å². The van der Waals surface area contributed by atoms with Crippen LogP contribution in [0.3, 0.4) is 0 Å². The summed E-state index contributed by atoms with van der Waals surface area (Å²) in [5.41, 5.74) is 0. The third-order valence-electron chi connectivity index (χ3n) is 2.50. The fourth-order valence-electron chi connectivity index (χ4n) is 1.52. The number of benzene rings is 1. The molecule has 6 heteroatoms. The van der Waals surface area contributed by atoms with Crippen LogP contribution in [0.1, 0.15) is 12.8 Å². The number of hydrogen-bond donors (Lipinski definition) is 0. The second kappa shape index (κ2) is 9.16. The van der Waals surface area contributed by atoms with E-state index in [1.807, 2.05) is 30.3 Å². The van der Waals surface area contributed by atoms with Crippen molar-refractivity contribution in [2.75, 3.05) is 19.7 Å². The lowest BCUT2D eigenvalue weighted by Gasteiger charge is -2.20. The first kappa shape index (κ1) is 16.3. The third-order valence-corrected chi connectivity index (χ3v) is 3.17. The van der Waals surface area contributed by atoms with Gasteiger partial charge in [0.25, 0.3) is 5.91 Å². The molecule has 0 atom stereocenters. The molecular weight excluding hydrogens is 369 g/mol. The van der Waals surface area contributed by atoms with Crippen molar-refractivity contribution in [1.82, 2.24) is 4.90 Å². The van der Waals surface area contributed by atoms with Gasteiger partial charge in [0.05, 0.1) is 25.0 Å². The van der Waals surface area contributed by atoms with Crippen LogP contribution in [0.25, 0.3) is 0 Å². The Hall–Kier alpha value is -1.80. The van der Waals surface area contributed by atoms with Gasteiger partial charge in [-0.2, -0.15) is 10.5 Å². The molecule has 1 aromatic rings. The van der Waals surface area contributed by atoms with Crippen LogP contribution in [0.5, 0.6) is 5.75 Å². The van der Waals surface area contributed by atoms with E-state index in [1.165, 1.54) is 4.90 Å². The molecule has 0 aliphatic heterocycles. The molecule has 104 valence electrons. The lowest BCUT2D eigenvalue weighted by molar-refractivity contribution is -0.133. The second-order valence-electron chi connectivity index (χ2n) is 3.94. The first-order chi connectivity index (χ1) is 9.67. The highest BCUT2D eigenvalue weighted by Crippen LogP contribution is 2.14. The molecule has 0 aliphatic carbocycles. The summed E-state index contributed by atoms with van der Waals surface area (Å²) >= 11 is 2.17. The summed E-state index contributed by atoms with van der Waals surface area (Å²) in [5.74, 6) is 0.417. The average Bonchev–Trinajstić information content (AvgIpc) is 2.45. The van der Waals surface area contributed by atoms with Gasteiger partial charge in [0, 0.05) is 16.7 Å². The summed E-state index contributed by atoms with van der Waals surface area (Å²) in [6, 6.07) is 11.4. The highest BCUT2D eigenvalue weighted by Gasteiger charge is 2.13. The van der Waals surface area contributed by atoms with Crippen LogP contribution in [-0.4, -0.2) is 30.5 Å². The Morgan fingerprint density at radius 3 is 2.45 bits per heavy atom. The van der Waals surface area contributed by atoms with Gasteiger partial charge >= 0.3 is 0 Å². The predicted molar refractivity (Wildman–Crippen MR) is 81.7 cm³/mol. The van der Waals surface area contributed by atoms with E-state index in [-0.39, 0.29) is 25.4 Å². The molecule has 1 rings (SSSR count). The van der Waals surface area contributed by atoms with Crippen molar-refractivity contribution in [3.05, 3.63) is 27.8 Å². The zero-order chi connectivity index (χ0) is 14.8. The van der Waals surface area contributed by atoms with Crippen LogP contribution in [0.15, 0.2) is 24.3 Å². The minimum Gasteiger partial charge on any atom is -0.484 e. The van der Waals surface area contributed by atoms with Crippen LogP contribution >= 0.6 is 22.6 Å². The lowest BCUT2D eigenvalue weighted by atomic mass is 10.3. The third kappa shape index (κ3) is 5.89. The van der Waals surface area contributed by atoms with E-state index in [0.29, 0.717) is 18.8 Å². The van der Waals surface area contributed by atoms with Crippen LogP contribution in [0.2, 0.25) is 0 Å². The summed E-state index contributed by atoms with van der Waals surface area (Å²) in [7, 11) is 0. The van der Waals surface area contributed by atoms with E-state index < -0.39 is 0 Å². The molecule has 0 spiro atoms. The Labute approximate surface area is 131 Å². The number of carbonyl (C=O) groups excluding carboxylic acids is 1. The molecule has 5 nitrogen and oxygen atoms in total. The lowest BCUT2D eigenvalue weighted by Crippen LogP contribution is -2.36. The molecule has 1 aromatic carbocycles. The number of carbonyl (C=O) groups is 1. The smallest absolute Gasteiger partial charge is 0.260 e. The predicted octanol–water partition coefficient (Wildman–Crippen LogP) is 2.33. The van der Waals surface area contributed by atoms with Crippen LogP contribution in [-0.2, 0) is 4.79 Å². The van der Waals surface area contributed by atoms with E-state index in [2.05, 4.69) is 22.6 Å². The number of hydrogen-bond acceptors (Lipinski definition) is 4. The van der Waals surface area contributed by atoms with Crippen molar-refractivity contribution in [1.29, 1.82) is 10.5 Å². The number of halogens is 1. The Bertz CT molecular complexity index is 516. The topological polar surface area (TPSA) is 77.1 Å². The van der Waals surface area contributed by atoms with Crippen molar-refractivity contribution in [2.24, 2.45) is 0 Å². The van der Waals surface area contributed by atoms with Crippen LogP contribution in [0.4, 0.5) is 0 Å². The summed E-state index contributed by atoms with van der Waals surface area (Å²) < 4.78 is 6.45. The van der Waals surface area contributed by atoms with E-state index in [4.69, 9.17) is 15.3 Å². The molecule has 0 aromatic heterocycles. The van der Waals surface area contributed by atoms with Gasteiger partial charge in [0.1, 0.15) is 5.75 Å². The average molecular weight is 383 g/mol. The minimum atomic E-state index is -0.214. The fourth-order valence-corrected chi connectivity index (χ4v) is 2.04. The van der Waals surface area contributed by atoms with Gasteiger partial charge in [-0.15, -0.1) is 0 Å². The summed E-state index contributed by atoms with van der Waals surface area (Å²) in [5, 5.41) is 17.2. The van der Waals surface area contributed by atoms with Gasteiger partial charge in [0.2, 0.25) is 0 Å². The molecule has 0 N–H and O–H groups in total. The molecular formula is C14H14IN3O2. The SMILES string of the molecule is N#CCCN(CCC#N)C(=O)COc1cccc(I)c1. The van der Waals surface area contributed by atoms with Crippen molar-refractivity contribution in [2.45, 2.75) is 12.8 Å². The van der Waals surface area contributed by atoms with Gasteiger partial charge in [0.15, 0.2) is 6.61 Å². The normalized spacial score (nSPS) is 9.35. The zero-order valence-corrected chi connectivity index (χ0v) is 13.0. The highest BCUT2D eigenvalue weighted by atomic mass is 127. The fraction of sp³-hybridized carbons (Fsp3) is 0.357. The molecule has 0 fully saturated rings. The molecule has 0 aliphatic rings. The van der Waals surface area contributed by atoms with E-state index in [1.54, 1.807) is 6.07 Å². The summed E-state index contributed by atoms with van der Waals surface area (Å²) in [6.45, 7) is 0.566. The van der Waals surface area contributed by atoms with Gasteiger partial charge in [-0.25, -0.2) is 0 Å². The molecule has 1 amide bonds. The molecule has 0 saturated carbocycles.